The van der Waals surface area contributed by atoms with Gasteiger partial charge in [0.25, 0.3) is 0 Å². The molecule has 0 bridgehead atoms. The quantitative estimate of drug-likeness (QED) is 0.338. The first-order valence-electron chi connectivity index (χ1n) is 10.7. The third-order valence-electron chi connectivity index (χ3n) is 6.10. The van der Waals surface area contributed by atoms with Crippen molar-refractivity contribution >= 4 is 21.9 Å². The molecule has 0 unspecified atom stereocenters. The van der Waals surface area contributed by atoms with Gasteiger partial charge < -0.3 is 4.42 Å². The highest BCUT2D eigenvalue weighted by Gasteiger charge is 2.29. The van der Waals surface area contributed by atoms with Crippen molar-refractivity contribution in [2.24, 2.45) is 0 Å². The fraction of sp³-hybridized carbons (Fsp3) is 0.111. The molecule has 3 heterocycles. The van der Waals surface area contributed by atoms with Gasteiger partial charge in [-0.25, -0.2) is 9.36 Å². The zero-order chi connectivity index (χ0) is 21.7. The maximum atomic E-state index is 5.96. The van der Waals surface area contributed by atoms with Crippen LogP contribution in [0.2, 0.25) is 0 Å². The first kappa shape index (κ1) is 18.6. The summed E-state index contributed by atoms with van der Waals surface area (Å²) >= 11 is 0. The molecule has 156 valence electrons. The molecule has 0 radical (unpaired) electrons. The number of para-hydroxylation sites is 2. The second-order valence-corrected chi connectivity index (χ2v) is 8.53. The molecule has 0 N–H and O–H groups in total. The van der Waals surface area contributed by atoms with E-state index in [0.717, 1.165) is 44.7 Å². The van der Waals surface area contributed by atoms with E-state index in [-0.39, 0.29) is 5.41 Å². The van der Waals surface area contributed by atoms with Crippen molar-refractivity contribution in [1.29, 1.82) is 0 Å². The molecule has 0 aliphatic heterocycles. The number of furan rings is 1. The van der Waals surface area contributed by atoms with Crippen molar-refractivity contribution in [3.63, 3.8) is 0 Å². The molecule has 0 aliphatic rings. The fourth-order valence-corrected chi connectivity index (χ4v) is 4.17. The average molecular weight is 419 g/mol. The summed E-state index contributed by atoms with van der Waals surface area (Å²) in [5.41, 5.74) is 5.43. The highest BCUT2D eigenvalue weighted by Crippen LogP contribution is 2.32. The Morgan fingerprint density at radius 2 is 1.25 bits per heavy atom. The van der Waals surface area contributed by atoms with Crippen LogP contribution in [0.25, 0.3) is 33.3 Å². The SMILES string of the molecule is CC(C)(c1ccn(-c2ccccc2)n1)c1ccn(-c2ccc3oc4ccccc4c3c2)n1. The van der Waals surface area contributed by atoms with Gasteiger partial charge in [0.15, 0.2) is 0 Å². The lowest BCUT2D eigenvalue weighted by Crippen LogP contribution is -2.21. The van der Waals surface area contributed by atoms with Crippen molar-refractivity contribution in [3.8, 4) is 11.4 Å². The van der Waals surface area contributed by atoms with Gasteiger partial charge in [0, 0.05) is 23.2 Å². The van der Waals surface area contributed by atoms with E-state index in [1.807, 2.05) is 82.4 Å². The van der Waals surface area contributed by atoms with Crippen LogP contribution in [0, 0.1) is 0 Å². The minimum Gasteiger partial charge on any atom is -0.456 e. The molecule has 0 saturated carbocycles. The summed E-state index contributed by atoms with van der Waals surface area (Å²) < 4.78 is 9.79. The highest BCUT2D eigenvalue weighted by atomic mass is 16.3. The largest absolute Gasteiger partial charge is 0.456 e. The van der Waals surface area contributed by atoms with Gasteiger partial charge in [0.05, 0.1) is 28.2 Å². The minimum absolute atomic E-state index is 0.336. The van der Waals surface area contributed by atoms with E-state index in [1.54, 1.807) is 0 Å². The van der Waals surface area contributed by atoms with Crippen molar-refractivity contribution in [2.45, 2.75) is 19.3 Å². The molecule has 3 aromatic heterocycles. The average Bonchev–Trinajstić information content (AvgIpc) is 3.58. The van der Waals surface area contributed by atoms with Crippen molar-refractivity contribution in [3.05, 3.63) is 109 Å². The zero-order valence-electron chi connectivity index (χ0n) is 17.9. The van der Waals surface area contributed by atoms with Crippen LogP contribution in [-0.4, -0.2) is 19.6 Å². The summed E-state index contributed by atoms with van der Waals surface area (Å²) in [5, 5.41) is 12.0. The lowest BCUT2D eigenvalue weighted by Gasteiger charge is -2.19. The number of hydrogen-bond acceptors (Lipinski definition) is 3. The summed E-state index contributed by atoms with van der Waals surface area (Å²) in [6.07, 6.45) is 4.01. The number of benzene rings is 3. The van der Waals surface area contributed by atoms with E-state index in [0.29, 0.717) is 0 Å². The number of nitrogens with zero attached hydrogens (tertiary/aromatic N) is 4. The standard InChI is InChI=1S/C27H22N4O/c1-27(2,25-14-16-30(28-25)19-8-4-3-5-9-19)26-15-17-31(29-26)20-12-13-24-22(18-20)21-10-6-7-11-23(21)32-24/h3-18H,1-2H3. The molecular weight excluding hydrogens is 396 g/mol. The zero-order valence-corrected chi connectivity index (χ0v) is 17.9. The third-order valence-corrected chi connectivity index (χ3v) is 6.10. The van der Waals surface area contributed by atoms with E-state index < -0.39 is 0 Å². The summed E-state index contributed by atoms with van der Waals surface area (Å²) in [4.78, 5) is 0. The molecular formula is C27H22N4O. The molecule has 0 fully saturated rings. The monoisotopic (exact) mass is 418 g/mol. The van der Waals surface area contributed by atoms with Crippen molar-refractivity contribution in [1.82, 2.24) is 19.6 Å². The summed E-state index contributed by atoms with van der Waals surface area (Å²) in [7, 11) is 0. The van der Waals surface area contributed by atoms with Gasteiger partial charge in [-0.2, -0.15) is 10.2 Å². The van der Waals surface area contributed by atoms with Gasteiger partial charge >= 0.3 is 0 Å². The topological polar surface area (TPSA) is 48.8 Å². The van der Waals surface area contributed by atoms with Crippen LogP contribution >= 0.6 is 0 Å². The Hall–Kier alpha value is -4.12. The maximum absolute atomic E-state index is 5.96. The van der Waals surface area contributed by atoms with Gasteiger partial charge in [-0.3, -0.25) is 0 Å². The van der Waals surface area contributed by atoms with Crippen molar-refractivity contribution in [2.75, 3.05) is 0 Å². The van der Waals surface area contributed by atoms with Gasteiger partial charge in [-0.1, -0.05) is 36.4 Å². The van der Waals surface area contributed by atoms with Gasteiger partial charge in [-0.15, -0.1) is 0 Å². The Labute approximate surface area is 185 Å². The van der Waals surface area contributed by atoms with Crippen LogP contribution < -0.4 is 0 Å². The van der Waals surface area contributed by atoms with E-state index >= 15 is 0 Å². The Morgan fingerprint density at radius 3 is 2.00 bits per heavy atom. The predicted octanol–water partition coefficient (Wildman–Crippen LogP) is 6.28. The fourth-order valence-electron chi connectivity index (χ4n) is 4.17. The van der Waals surface area contributed by atoms with Crippen LogP contribution in [0.3, 0.4) is 0 Å². The number of rotatable bonds is 4. The van der Waals surface area contributed by atoms with Crippen LogP contribution in [0.15, 0.2) is 102 Å². The highest BCUT2D eigenvalue weighted by molar-refractivity contribution is 6.05. The Kier molecular flexibility index (Phi) is 4.05. The molecule has 0 aliphatic carbocycles. The molecule has 32 heavy (non-hydrogen) atoms. The summed E-state index contributed by atoms with van der Waals surface area (Å²) in [6.45, 7) is 4.31. The van der Waals surface area contributed by atoms with E-state index in [2.05, 4.69) is 38.1 Å². The summed E-state index contributed by atoms with van der Waals surface area (Å²) in [5.74, 6) is 0. The van der Waals surface area contributed by atoms with E-state index in [1.165, 1.54) is 0 Å². The second-order valence-electron chi connectivity index (χ2n) is 8.53. The Morgan fingerprint density at radius 1 is 0.625 bits per heavy atom. The molecule has 5 nitrogen and oxygen atoms in total. The van der Waals surface area contributed by atoms with Gasteiger partial charge in [-0.05, 0) is 62.4 Å². The molecule has 0 amide bonds. The van der Waals surface area contributed by atoms with Crippen LogP contribution in [0.4, 0.5) is 0 Å². The first-order valence-corrected chi connectivity index (χ1v) is 10.7. The molecule has 0 spiro atoms. The first-order chi connectivity index (χ1) is 15.6. The van der Waals surface area contributed by atoms with E-state index in [9.17, 15) is 0 Å². The number of fused-ring (bicyclic) bond motifs is 3. The lowest BCUT2D eigenvalue weighted by molar-refractivity contribution is 0.576. The molecule has 6 rings (SSSR count). The third kappa shape index (κ3) is 2.94. The van der Waals surface area contributed by atoms with Gasteiger partial charge in [0.2, 0.25) is 0 Å². The second kappa shape index (κ2) is 6.95. The molecule has 3 aromatic carbocycles. The lowest BCUT2D eigenvalue weighted by atomic mass is 9.86. The molecule has 0 atom stereocenters. The van der Waals surface area contributed by atoms with Crippen LogP contribution in [0.5, 0.6) is 0 Å². The Bertz CT molecular complexity index is 1550. The summed E-state index contributed by atoms with van der Waals surface area (Å²) in [6, 6.07) is 28.6. The Balaban J connectivity index is 1.36. The smallest absolute Gasteiger partial charge is 0.135 e. The van der Waals surface area contributed by atoms with E-state index in [4.69, 9.17) is 14.6 Å². The minimum atomic E-state index is -0.336. The maximum Gasteiger partial charge on any atom is 0.135 e. The molecule has 5 heteroatoms. The predicted molar refractivity (Wildman–Crippen MR) is 127 cm³/mol. The van der Waals surface area contributed by atoms with Crippen molar-refractivity contribution < 1.29 is 4.42 Å². The van der Waals surface area contributed by atoms with Crippen LogP contribution in [-0.2, 0) is 5.41 Å². The molecule has 6 aromatic rings. The number of aromatic nitrogens is 4. The van der Waals surface area contributed by atoms with Gasteiger partial charge in [0.1, 0.15) is 11.2 Å². The number of hydrogen-bond donors (Lipinski definition) is 0. The van der Waals surface area contributed by atoms with Crippen LogP contribution in [0.1, 0.15) is 25.2 Å². The molecule has 0 saturated heterocycles. The normalized spacial score (nSPS) is 12.1.